The van der Waals surface area contributed by atoms with Gasteiger partial charge < -0.3 is 20.5 Å². The Hall–Kier alpha value is -5.25. The van der Waals surface area contributed by atoms with E-state index in [1.807, 2.05) is 66.6 Å². The van der Waals surface area contributed by atoms with Crippen LogP contribution in [-0.2, 0) is 22.4 Å². The molecule has 0 spiro atoms. The van der Waals surface area contributed by atoms with E-state index in [0.29, 0.717) is 28.9 Å². The van der Waals surface area contributed by atoms with Gasteiger partial charge in [0.05, 0.1) is 21.9 Å². The lowest BCUT2D eigenvalue weighted by Gasteiger charge is -2.26. The highest BCUT2D eigenvalue weighted by Crippen LogP contribution is 2.39. The normalized spacial score (nSPS) is 15.6. The van der Waals surface area contributed by atoms with E-state index in [4.69, 9.17) is 0 Å². The van der Waals surface area contributed by atoms with Crippen LogP contribution in [0.2, 0.25) is 0 Å². The van der Waals surface area contributed by atoms with E-state index in [2.05, 4.69) is 20.6 Å². The molecule has 44 heavy (non-hydrogen) atoms. The maximum atomic E-state index is 13.3. The first kappa shape index (κ1) is 28.9. The predicted octanol–water partition coefficient (Wildman–Crippen LogP) is 6.42. The second kappa shape index (κ2) is 12.5. The number of anilines is 2. The van der Waals surface area contributed by atoms with Crippen molar-refractivity contribution in [3.63, 3.8) is 0 Å². The number of piperidine rings is 1. The highest BCUT2D eigenvalue weighted by Gasteiger charge is 2.30. The molecular formula is C34H34N6O4. The molecule has 0 saturated carbocycles. The number of nitrogens with zero attached hydrogens (tertiary/aromatic N) is 3. The minimum Gasteiger partial charge on any atom is -0.354 e. The van der Waals surface area contributed by atoms with Gasteiger partial charge >= 0.3 is 0 Å². The van der Waals surface area contributed by atoms with Crippen molar-refractivity contribution in [3.05, 3.63) is 106 Å². The summed E-state index contributed by atoms with van der Waals surface area (Å²) in [7, 11) is 0. The summed E-state index contributed by atoms with van der Waals surface area (Å²) in [6.45, 7) is 3.63. The van der Waals surface area contributed by atoms with Gasteiger partial charge in [-0.3, -0.25) is 19.7 Å². The van der Waals surface area contributed by atoms with Gasteiger partial charge in [0.2, 0.25) is 5.91 Å². The molecule has 2 aliphatic rings. The molecular weight excluding hydrogens is 556 g/mol. The Morgan fingerprint density at radius 2 is 1.84 bits per heavy atom. The van der Waals surface area contributed by atoms with Crippen molar-refractivity contribution >= 4 is 40.1 Å². The van der Waals surface area contributed by atoms with E-state index in [9.17, 15) is 19.7 Å². The first-order valence-electron chi connectivity index (χ1n) is 15.0. The number of rotatable bonds is 10. The van der Waals surface area contributed by atoms with Crippen LogP contribution in [-0.4, -0.2) is 44.7 Å². The van der Waals surface area contributed by atoms with Crippen LogP contribution in [0.4, 0.5) is 17.1 Å². The summed E-state index contributed by atoms with van der Waals surface area (Å²) in [6, 6.07) is 20.1. The summed E-state index contributed by atoms with van der Waals surface area (Å²) in [5.41, 5.74) is 6.26. The lowest BCUT2D eigenvalue weighted by atomic mass is 9.98. The first-order chi connectivity index (χ1) is 21.4. The number of carbonyl (C=O) groups excluding carboxylic acids is 2. The number of nitro benzene ring substituents is 1. The molecule has 0 unspecified atom stereocenters. The minimum absolute atomic E-state index is 0.0885. The summed E-state index contributed by atoms with van der Waals surface area (Å²) in [4.78, 5) is 46.4. The standard InChI is InChI=1S/C34H34N6O4/c1-2-30-35-21-29(37-30)23-12-14-25(15-13-23)36-33(32-27-20-26(40(43)44)16-17-28(27)38-34(32)42)24-10-8-22(9-11-24)6-5-19-39-18-4-3-7-31(39)41/h8-17,20-21,36H,2-7,18-19H2,1H3,(H,35,37)(H,38,42). The Morgan fingerprint density at radius 3 is 2.55 bits per heavy atom. The molecule has 0 aliphatic carbocycles. The highest BCUT2D eigenvalue weighted by molar-refractivity contribution is 6.37. The number of hydrogen-bond donors (Lipinski definition) is 3. The first-order valence-corrected chi connectivity index (χ1v) is 15.0. The SMILES string of the molecule is CCc1nc(-c2ccc(NC(=C3C(=O)Nc4ccc([N+](=O)[O-])cc43)c3ccc(CCCN4CCCCC4=O)cc3)cc2)c[nH]1. The van der Waals surface area contributed by atoms with Crippen molar-refractivity contribution in [1.82, 2.24) is 14.9 Å². The van der Waals surface area contributed by atoms with E-state index in [0.717, 1.165) is 79.1 Å². The number of aryl methyl sites for hydroxylation is 2. The zero-order valence-electron chi connectivity index (χ0n) is 24.6. The third-order valence-corrected chi connectivity index (χ3v) is 8.18. The van der Waals surface area contributed by atoms with Crippen LogP contribution in [0.1, 0.15) is 55.1 Å². The molecule has 4 aromatic rings. The number of carbonyl (C=O) groups is 2. The van der Waals surface area contributed by atoms with Gasteiger partial charge in [-0.15, -0.1) is 0 Å². The number of hydrogen-bond acceptors (Lipinski definition) is 6. The maximum absolute atomic E-state index is 13.3. The monoisotopic (exact) mass is 590 g/mol. The summed E-state index contributed by atoms with van der Waals surface area (Å²) >= 11 is 0. The maximum Gasteiger partial charge on any atom is 0.270 e. The van der Waals surface area contributed by atoms with Crippen LogP contribution in [0.5, 0.6) is 0 Å². The Bertz CT molecular complexity index is 1740. The van der Waals surface area contributed by atoms with Crippen LogP contribution in [0, 0.1) is 10.1 Å². The van der Waals surface area contributed by atoms with Gasteiger partial charge in [-0.05, 0) is 55.0 Å². The number of fused-ring (bicyclic) bond motifs is 1. The van der Waals surface area contributed by atoms with Crippen LogP contribution in [0.25, 0.3) is 22.5 Å². The zero-order chi connectivity index (χ0) is 30.6. The van der Waals surface area contributed by atoms with Crippen LogP contribution in [0.15, 0.2) is 72.9 Å². The van der Waals surface area contributed by atoms with Gasteiger partial charge in [-0.2, -0.15) is 0 Å². The molecule has 6 rings (SSSR count). The fourth-order valence-corrected chi connectivity index (χ4v) is 5.77. The molecule has 2 aliphatic heterocycles. The third kappa shape index (κ3) is 6.10. The smallest absolute Gasteiger partial charge is 0.270 e. The molecule has 10 heteroatoms. The molecule has 0 radical (unpaired) electrons. The third-order valence-electron chi connectivity index (χ3n) is 8.18. The van der Waals surface area contributed by atoms with Crippen molar-refractivity contribution in [2.24, 2.45) is 0 Å². The van der Waals surface area contributed by atoms with Crippen molar-refractivity contribution in [2.45, 2.75) is 45.4 Å². The second-order valence-electron chi connectivity index (χ2n) is 11.1. The number of imidazole rings is 1. The summed E-state index contributed by atoms with van der Waals surface area (Å²) in [6.07, 6.45) is 7.09. The van der Waals surface area contributed by atoms with Crippen molar-refractivity contribution in [2.75, 3.05) is 23.7 Å². The highest BCUT2D eigenvalue weighted by atomic mass is 16.6. The summed E-state index contributed by atoms with van der Waals surface area (Å²) in [5.74, 6) is 0.823. The molecule has 3 heterocycles. The van der Waals surface area contributed by atoms with E-state index in [1.165, 1.54) is 12.1 Å². The molecule has 10 nitrogen and oxygen atoms in total. The molecule has 1 saturated heterocycles. The fraction of sp³-hybridized carbons (Fsp3) is 0.265. The lowest BCUT2D eigenvalue weighted by molar-refractivity contribution is -0.384. The number of amides is 2. The number of non-ortho nitro benzene ring substituents is 1. The number of nitrogens with one attached hydrogen (secondary N) is 3. The zero-order valence-corrected chi connectivity index (χ0v) is 24.6. The van der Waals surface area contributed by atoms with Gasteiger partial charge in [0, 0.05) is 66.8 Å². The van der Waals surface area contributed by atoms with Crippen LogP contribution in [0.3, 0.4) is 0 Å². The van der Waals surface area contributed by atoms with Gasteiger partial charge in [0.15, 0.2) is 0 Å². The average Bonchev–Trinajstić information content (AvgIpc) is 3.65. The number of H-pyrrole nitrogens is 1. The van der Waals surface area contributed by atoms with Crippen LogP contribution >= 0.6 is 0 Å². The van der Waals surface area contributed by atoms with Gasteiger partial charge in [-0.1, -0.05) is 43.3 Å². The van der Waals surface area contributed by atoms with Gasteiger partial charge in [0.1, 0.15) is 5.82 Å². The van der Waals surface area contributed by atoms with Gasteiger partial charge in [-0.25, -0.2) is 4.98 Å². The topological polar surface area (TPSA) is 133 Å². The molecule has 1 fully saturated rings. The number of aromatic amines is 1. The predicted molar refractivity (Wildman–Crippen MR) is 171 cm³/mol. The van der Waals surface area contributed by atoms with E-state index >= 15 is 0 Å². The van der Waals surface area contributed by atoms with Crippen molar-refractivity contribution in [1.29, 1.82) is 0 Å². The average molecular weight is 591 g/mol. The molecule has 0 atom stereocenters. The summed E-state index contributed by atoms with van der Waals surface area (Å²) < 4.78 is 0. The fourth-order valence-electron chi connectivity index (χ4n) is 5.77. The summed E-state index contributed by atoms with van der Waals surface area (Å²) in [5, 5.41) is 17.9. The van der Waals surface area contributed by atoms with Crippen molar-refractivity contribution in [3.8, 4) is 11.3 Å². The number of benzene rings is 3. The molecule has 1 aromatic heterocycles. The quantitative estimate of drug-likeness (QED) is 0.111. The number of likely N-dealkylation sites (tertiary alicyclic amines) is 1. The van der Waals surface area contributed by atoms with E-state index in [1.54, 1.807) is 6.07 Å². The Labute approximate surface area is 255 Å². The number of nitro groups is 1. The molecule has 2 amide bonds. The largest absolute Gasteiger partial charge is 0.354 e. The van der Waals surface area contributed by atoms with E-state index in [-0.39, 0.29) is 17.5 Å². The Kier molecular flexibility index (Phi) is 8.23. The molecule has 3 N–H and O–H groups in total. The lowest BCUT2D eigenvalue weighted by Crippen LogP contribution is -2.36. The minimum atomic E-state index is -0.461. The number of aromatic nitrogens is 2. The Morgan fingerprint density at radius 1 is 1.05 bits per heavy atom. The molecule has 3 aromatic carbocycles. The van der Waals surface area contributed by atoms with E-state index < -0.39 is 4.92 Å². The molecule has 0 bridgehead atoms. The Balaban J connectivity index is 1.30. The van der Waals surface area contributed by atoms with Gasteiger partial charge in [0.25, 0.3) is 11.6 Å². The molecule has 224 valence electrons. The second-order valence-corrected chi connectivity index (χ2v) is 11.1. The van der Waals surface area contributed by atoms with Crippen molar-refractivity contribution < 1.29 is 14.5 Å². The van der Waals surface area contributed by atoms with Crippen LogP contribution < -0.4 is 10.6 Å².